The number of carboxylic acids is 1. The van der Waals surface area contributed by atoms with Crippen LogP contribution in [0.3, 0.4) is 0 Å². The molecule has 3 N–H and O–H groups in total. The molecule has 100 valence electrons. The first-order chi connectivity index (χ1) is 8.92. The maximum Gasteiger partial charge on any atom is 0.310 e. The molecule has 0 bridgehead atoms. The van der Waals surface area contributed by atoms with E-state index in [1.165, 1.54) is 0 Å². The molecule has 0 spiro atoms. The summed E-state index contributed by atoms with van der Waals surface area (Å²) in [4.78, 5) is 23.0. The highest BCUT2D eigenvalue weighted by molar-refractivity contribution is 6.05. The number of nitrogens with zero attached hydrogens (tertiary/aromatic N) is 1. The van der Waals surface area contributed by atoms with Crippen molar-refractivity contribution in [3.8, 4) is 0 Å². The molecule has 0 aliphatic carbocycles. The largest absolute Gasteiger partial charge is 0.481 e. The van der Waals surface area contributed by atoms with Crippen molar-refractivity contribution in [2.24, 2.45) is 5.41 Å². The second-order valence-corrected chi connectivity index (χ2v) is 5.01. The molecular formula is C13H15N3O3. The predicted molar refractivity (Wildman–Crippen MR) is 69.8 cm³/mol. The summed E-state index contributed by atoms with van der Waals surface area (Å²) in [6.45, 7) is 3.19. The number of aromatic nitrogens is 2. The molecule has 1 amide bonds. The van der Waals surface area contributed by atoms with Crippen LogP contribution in [-0.4, -0.2) is 33.7 Å². The fourth-order valence-corrected chi connectivity index (χ4v) is 1.63. The number of aliphatic carboxylic acids is 1. The van der Waals surface area contributed by atoms with Gasteiger partial charge in [0, 0.05) is 11.9 Å². The zero-order valence-electron chi connectivity index (χ0n) is 10.7. The Balaban J connectivity index is 2.17. The Morgan fingerprint density at radius 1 is 1.42 bits per heavy atom. The fourth-order valence-electron chi connectivity index (χ4n) is 1.63. The highest BCUT2D eigenvalue weighted by Crippen LogP contribution is 2.17. The Bertz CT molecular complexity index is 631. The summed E-state index contributed by atoms with van der Waals surface area (Å²) in [6.07, 6.45) is 1.63. The van der Waals surface area contributed by atoms with Crippen molar-refractivity contribution in [1.82, 2.24) is 15.5 Å². The third-order valence-corrected chi connectivity index (χ3v) is 2.99. The summed E-state index contributed by atoms with van der Waals surface area (Å²) in [5.41, 5.74) is 0.0988. The molecule has 1 heterocycles. The third-order valence-electron chi connectivity index (χ3n) is 2.99. The minimum absolute atomic E-state index is 0.0612. The van der Waals surface area contributed by atoms with Gasteiger partial charge in [0.25, 0.3) is 5.91 Å². The molecule has 0 saturated carbocycles. The average Bonchev–Trinajstić information content (AvgIpc) is 2.83. The van der Waals surface area contributed by atoms with E-state index in [9.17, 15) is 9.59 Å². The standard InChI is InChI=1S/C13H15N3O3/c1-13(2,12(18)19)7-14-11(17)9-5-3-4-8-6-15-16-10(8)9/h3-6H,7H2,1-2H3,(H,14,17)(H,15,16)(H,18,19). The lowest BCUT2D eigenvalue weighted by molar-refractivity contribution is -0.146. The Hall–Kier alpha value is -2.37. The fraction of sp³-hybridized carbons (Fsp3) is 0.308. The molecule has 0 fully saturated rings. The van der Waals surface area contributed by atoms with Crippen LogP contribution in [-0.2, 0) is 4.79 Å². The smallest absolute Gasteiger partial charge is 0.310 e. The summed E-state index contributed by atoms with van der Waals surface area (Å²) in [6, 6.07) is 5.27. The summed E-state index contributed by atoms with van der Waals surface area (Å²) >= 11 is 0. The van der Waals surface area contributed by atoms with Crippen LogP contribution in [0.4, 0.5) is 0 Å². The molecule has 19 heavy (non-hydrogen) atoms. The van der Waals surface area contributed by atoms with E-state index >= 15 is 0 Å². The number of carbonyl (C=O) groups excluding carboxylic acids is 1. The number of carboxylic acid groups (broad SMARTS) is 1. The number of para-hydroxylation sites is 1. The summed E-state index contributed by atoms with van der Waals surface area (Å²) in [5.74, 6) is -1.27. The first-order valence-electron chi connectivity index (χ1n) is 5.85. The van der Waals surface area contributed by atoms with Crippen LogP contribution in [0, 0.1) is 5.41 Å². The van der Waals surface area contributed by atoms with Crippen molar-refractivity contribution in [1.29, 1.82) is 0 Å². The van der Waals surface area contributed by atoms with E-state index in [4.69, 9.17) is 5.11 Å². The van der Waals surface area contributed by atoms with Crippen LogP contribution >= 0.6 is 0 Å². The van der Waals surface area contributed by atoms with Gasteiger partial charge >= 0.3 is 5.97 Å². The lowest BCUT2D eigenvalue weighted by Gasteiger charge is -2.19. The number of carbonyl (C=O) groups is 2. The summed E-state index contributed by atoms with van der Waals surface area (Å²) in [7, 11) is 0. The van der Waals surface area contributed by atoms with E-state index in [1.807, 2.05) is 6.07 Å². The molecular weight excluding hydrogens is 246 g/mol. The lowest BCUT2D eigenvalue weighted by atomic mass is 9.94. The van der Waals surface area contributed by atoms with Crippen LogP contribution in [0.5, 0.6) is 0 Å². The number of benzene rings is 1. The number of hydrogen-bond acceptors (Lipinski definition) is 3. The Labute approximate surface area is 109 Å². The minimum atomic E-state index is -1.00. The number of H-pyrrole nitrogens is 1. The molecule has 1 aromatic carbocycles. The first kappa shape index (κ1) is 13.1. The van der Waals surface area contributed by atoms with Crippen molar-refractivity contribution >= 4 is 22.8 Å². The number of amides is 1. The summed E-state index contributed by atoms with van der Waals surface area (Å²) < 4.78 is 0. The predicted octanol–water partition coefficient (Wildman–Crippen LogP) is 1.40. The van der Waals surface area contributed by atoms with Gasteiger partial charge in [-0.15, -0.1) is 0 Å². The molecule has 1 aromatic heterocycles. The van der Waals surface area contributed by atoms with Crippen molar-refractivity contribution < 1.29 is 14.7 Å². The topological polar surface area (TPSA) is 95.1 Å². The number of hydrogen-bond donors (Lipinski definition) is 3. The SMILES string of the molecule is CC(C)(CNC(=O)c1cccc2cn[nH]c12)C(=O)O. The Morgan fingerprint density at radius 2 is 2.16 bits per heavy atom. The van der Waals surface area contributed by atoms with Crippen LogP contribution in [0.1, 0.15) is 24.2 Å². The molecule has 0 saturated heterocycles. The van der Waals surface area contributed by atoms with Gasteiger partial charge in [-0.3, -0.25) is 14.7 Å². The van der Waals surface area contributed by atoms with Crippen LogP contribution in [0.25, 0.3) is 10.9 Å². The van der Waals surface area contributed by atoms with Gasteiger partial charge in [-0.25, -0.2) is 0 Å². The van der Waals surface area contributed by atoms with E-state index in [0.717, 1.165) is 5.39 Å². The van der Waals surface area contributed by atoms with Gasteiger partial charge in [0.15, 0.2) is 0 Å². The van der Waals surface area contributed by atoms with E-state index in [1.54, 1.807) is 32.2 Å². The second kappa shape index (κ2) is 4.72. The lowest BCUT2D eigenvalue weighted by Crippen LogP contribution is -2.38. The first-order valence-corrected chi connectivity index (χ1v) is 5.85. The van der Waals surface area contributed by atoms with Gasteiger partial charge in [-0.05, 0) is 19.9 Å². The van der Waals surface area contributed by atoms with E-state index in [2.05, 4.69) is 15.5 Å². The molecule has 0 radical (unpaired) electrons. The second-order valence-electron chi connectivity index (χ2n) is 5.01. The zero-order chi connectivity index (χ0) is 14.0. The Morgan fingerprint density at radius 3 is 2.84 bits per heavy atom. The molecule has 0 atom stereocenters. The van der Waals surface area contributed by atoms with Crippen molar-refractivity contribution in [2.75, 3.05) is 6.54 Å². The average molecular weight is 261 g/mol. The molecule has 0 aliphatic heterocycles. The van der Waals surface area contributed by atoms with Crippen LogP contribution in [0.15, 0.2) is 24.4 Å². The quantitative estimate of drug-likeness (QED) is 0.775. The van der Waals surface area contributed by atoms with Gasteiger partial charge in [0.05, 0.1) is 22.7 Å². The van der Waals surface area contributed by atoms with Gasteiger partial charge < -0.3 is 10.4 Å². The number of fused-ring (bicyclic) bond motifs is 1. The van der Waals surface area contributed by atoms with Crippen molar-refractivity contribution in [3.63, 3.8) is 0 Å². The van der Waals surface area contributed by atoms with Gasteiger partial charge in [0.1, 0.15) is 0 Å². The normalized spacial score (nSPS) is 11.5. The van der Waals surface area contributed by atoms with Gasteiger partial charge in [-0.2, -0.15) is 5.10 Å². The van der Waals surface area contributed by atoms with E-state index in [-0.39, 0.29) is 12.5 Å². The van der Waals surface area contributed by atoms with Gasteiger partial charge in [-0.1, -0.05) is 12.1 Å². The van der Waals surface area contributed by atoms with E-state index < -0.39 is 11.4 Å². The summed E-state index contributed by atoms with van der Waals surface area (Å²) in [5, 5.41) is 19.1. The minimum Gasteiger partial charge on any atom is -0.481 e. The maximum atomic E-state index is 12.1. The van der Waals surface area contributed by atoms with Crippen molar-refractivity contribution in [2.45, 2.75) is 13.8 Å². The molecule has 2 aromatic rings. The highest BCUT2D eigenvalue weighted by atomic mass is 16.4. The van der Waals surface area contributed by atoms with Gasteiger partial charge in [0.2, 0.25) is 0 Å². The molecule has 0 aliphatic rings. The number of rotatable bonds is 4. The van der Waals surface area contributed by atoms with Crippen LogP contribution in [0.2, 0.25) is 0 Å². The molecule has 6 heteroatoms. The molecule has 6 nitrogen and oxygen atoms in total. The maximum absolute atomic E-state index is 12.1. The Kier molecular flexibility index (Phi) is 3.25. The molecule has 2 rings (SSSR count). The highest BCUT2D eigenvalue weighted by Gasteiger charge is 2.27. The third kappa shape index (κ3) is 2.57. The van der Waals surface area contributed by atoms with Crippen LogP contribution < -0.4 is 5.32 Å². The number of nitrogens with one attached hydrogen (secondary N) is 2. The zero-order valence-corrected chi connectivity index (χ0v) is 10.7. The van der Waals surface area contributed by atoms with Crippen molar-refractivity contribution in [3.05, 3.63) is 30.0 Å². The number of aromatic amines is 1. The molecule has 0 unspecified atom stereocenters. The monoisotopic (exact) mass is 261 g/mol. The van der Waals surface area contributed by atoms with E-state index in [0.29, 0.717) is 11.1 Å².